The van der Waals surface area contributed by atoms with Crippen LogP contribution in [0.4, 0.5) is 18.0 Å². The monoisotopic (exact) mass is 343 g/mol. The van der Waals surface area contributed by atoms with Crippen LogP contribution in [-0.4, -0.2) is 48.1 Å². The van der Waals surface area contributed by atoms with Gasteiger partial charge in [0.1, 0.15) is 6.61 Å². The molecule has 2 rings (SSSR count). The summed E-state index contributed by atoms with van der Waals surface area (Å²) in [6.07, 6.45) is -4.24. The predicted octanol–water partition coefficient (Wildman–Crippen LogP) is 3.57. The Hall–Kier alpha value is -1.76. The summed E-state index contributed by atoms with van der Waals surface area (Å²) < 4.78 is 43.8. The number of rotatable bonds is 4. The van der Waals surface area contributed by atoms with E-state index in [-0.39, 0.29) is 12.2 Å². The summed E-state index contributed by atoms with van der Waals surface area (Å²) in [5.74, 6) is 0. The Bertz CT molecular complexity index is 555. The summed E-state index contributed by atoms with van der Waals surface area (Å²) in [5, 5.41) is 0. The molecule has 1 aromatic rings. The number of halogens is 3. The molecule has 0 saturated carbocycles. The highest BCUT2D eigenvalue weighted by atomic mass is 19.4. The summed E-state index contributed by atoms with van der Waals surface area (Å²) in [4.78, 5) is 15.8. The molecule has 1 amide bonds. The number of hydrogen-bond donors (Lipinski definition) is 0. The summed E-state index contributed by atoms with van der Waals surface area (Å²) >= 11 is 0. The maximum atomic E-state index is 12.9. The van der Waals surface area contributed by atoms with Gasteiger partial charge in [-0.3, -0.25) is 4.90 Å². The van der Waals surface area contributed by atoms with Gasteiger partial charge in [-0.2, -0.15) is 13.2 Å². The number of carbonyl (C=O) groups is 1. The average molecular weight is 343 g/mol. The van der Waals surface area contributed by atoms with Gasteiger partial charge in [0.15, 0.2) is 0 Å². The largest absolute Gasteiger partial charge is 0.445 e. The number of piperazine rings is 1. The molecule has 0 bridgehead atoms. The molecule has 1 aliphatic heterocycles. The smallest absolute Gasteiger partial charge is 0.416 e. The fourth-order valence-corrected chi connectivity index (χ4v) is 2.68. The summed E-state index contributed by atoms with van der Waals surface area (Å²) in [6, 6.07) is 5.47. The number of amides is 1. The quantitative estimate of drug-likeness (QED) is 0.838. The molecule has 7 heteroatoms. The maximum Gasteiger partial charge on any atom is 0.416 e. The Morgan fingerprint density at radius 3 is 2.46 bits per heavy atom. The van der Waals surface area contributed by atoms with Crippen molar-refractivity contribution in [2.75, 3.05) is 26.2 Å². The molecule has 0 spiro atoms. The lowest BCUT2D eigenvalue weighted by Crippen LogP contribution is -2.51. The van der Waals surface area contributed by atoms with Gasteiger partial charge in [-0.25, -0.2) is 4.79 Å². The van der Waals surface area contributed by atoms with Crippen LogP contribution in [0.25, 0.3) is 0 Å². The number of nitrogens with zero attached hydrogens (tertiary/aromatic N) is 2. The fraction of sp³-hybridized carbons (Fsp3) is 0.529. The lowest BCUT2D eigenvalue weighted by atomic mass is 10.1. The van der Waals surface area contributed by atoms with Gasteiger partial charge in [0.05, 0.1) is 5.56 Å². The molecule has 1 aliphatic rings. The minimum absolute atomic E-state index is 0.0392. The first-order valence-corrected chi connectivity index (χ1v) is 7.93. The molecular formula is C17H22F3N2O2. The third-order valence-electron chi connectivity index (χ3n) is 4.29. The van der Waals surface area contributed by atoms with E-state index in [1.165, 1.54) is 23.1 Å². The first-order valence-electron chi connectivity index (χ1n) is 7.93. The van der Waals surface area contributed by atoms with Crippen molar-refractivity contribution in [3.05, 3.63) is 42.3 Å². The van der Waals surface area contributed by atoms with E-state index in [4.69, 9.17) is 4.74 Å². The van der Waals surface area contributed by atoms with Crippen molar-refractivity contribution in [1.82, 2.24) is 9.80 Å². The van der Waals surface area contributed by atoms with Gasteiger partial charge >= 0.3 is 12.3 Å². The minimum atomic E-state index is -4.46. The second kappa shape index (κ2) is 7.88. The van der Waals surface area contributed by atoms with Gasteiger partial charge in [0, 0.05) is 37.8 Å². The summed E-state index contributed by atoms with van der Waals surface area (Å²) in [6.45, 7) is 8.00. The lowest BCUT2D eigenvalue weighted by molar-refractivity contribution is -0.138. The standard InChI is InChI=1S/C17H22F3N2O2/c1-3-13(2)21-8-10-22(11-9-21)16(23)24-12-14-6-4-5-7-15(14)17(18,19)20/h4-7,13H,1,3,8-12H2,2H3. The van der Waals surface area contributed by atoms with E-state index in [1.807, 2.05) is 0 Å². The molecule has 0 N–H and O–H groups in total. The topological polar surface area (TPSA) is 32.8 Å². The molecule has 1 radical (unpaired) electrons. The second-order valence-electron chi connectivity index (χ2n) is 5.87. The van der Waals surface area contributed by atoms with Crippen LogP contribution in [0.2, 0.25) is 0 Å². The van der Waals surface area contributed by atoms with Crippen LogP contribution in [0.3, 0.4) is 0 Å². The van der Waals surface area contributed by atoms with Gasteiger partial charge in [0.2, 0.25) is 0 Å². The Morgan fingerprint density at radius 1 is 1.25 bits per heavy atom. The predicted molar refractivity (Wildman–Crippen MR) is 84.2 cm³/mol. The van der Waals surface area contributed by atoms with Crippen LogP contribution in [-0.2, 0) is 17.5 Å². The average Bonchev–Trinajstić information content (AvgIpc) is 2.58. The van der Waals surface area contributed by atoms with Gasteiger partial charge in [-0.15, -0.1) is 0 Å². The van der Waals surface area contributed by atoms with E-state index in [9.17, 15) is 18.0 Å². The minimum Gasteiger partial charge on any atom is -0.445 e. The van der Waals surface area contributed by atoms with Crippen molar-refractivity contribution < 1.29 is 22.7 Å². The number of benzene rings is 1. The zero-order valence-corrected chi connectivity index (χ0v) is 13.7. The van der Waals surface area contributed by atoms with Gasteiger partial charge < -0.3 is 9.64 Å². The lowest BCUT2D eigenvalue weighted by Gasteiger charge is -2.37. The normalized spacial score (nSPS) is 17.6. The Balaban J connectivity index is 1.89. The first-order chi connectivity index (χ1) is 11.3. The van der Waals surface area contributed by atoms with Gasteiger partial charge in [-0.05, 0) is 19.4 Å². The Kier molecular flexibility index (Phi) is 6.10. The molecule has 1 atom stereocenters. The fourth-order valence-electron chi connectivity index (χ4n) is 2.68. The molecule has 1 saturated heterocycles. The van der Waals surface area contributed by atoms with Crippen LogP contribution >= 0.6 is 0 Å². The molecule has 0 aromatic heterocycles. The number of hydrogen-bond acceptors (Lipinski definition) is 3. The van der Waals surface area contributed by atoms with Gasteiger partial charge in [0.25, 0.3) is 0 Å². The van der Waals surface area contributed by atoms with Crippen molar-refractivity contribution in [2.24, 2.45) is 0 Å². The molecule has 1 heterocycles. The van der Waals surface area contributed by atoms with Crippen molar-refractivity contribution >= 4 is 6.09 Å². The number of alkyl halides is 3. The highest BCUT2D eigenvalue weighted by Gasteiger charge is 2.33. The highest BCUT2D eigenvalue weighted by molar-refractivity contribution is 5.67. The number of ether oxygens (including phenoxy) is 1. The first kappa shape index (κ1) is 18.6. The van der Waals surface area contributed by atoms with Gasteiger partial charge in [-0.1, -0.05) is 25.1 Å². The van der Waals surface area contributed by atoms with E-state index >= 15 is 0 Å². The molecule has 1 fully saturated rings. The van der Waals surface area contributed by atoms with E-state index in [1.54, 1.807) is 0 Å². The third kappa shape index (κ3) is 4.63. The molecule has 24 heavy (non-hydrogen) atoms. The summed E-state index contributed by atoms with van der Waals surface area (Å²) in [5.41, 5.74) is -0.811. The molecule has 133 valence electrons. The molecule has 1 aromatic carbocycles. The van der Waals surface area contributed by atoms with Crippen LogP contribution in [0, 0.1) is 6.92 Å². The second-order valence-corrected chi connectivity index (χ2v) is 5.87. The van der Waals surface area contributed by atoms with Crippen LogP contribution in [0.1, 0.15) is 24.5 Å². The Morgan fingerprint density at radius 2 is 1.88 bits per heavy atom. The van der Waals surface area contributed by atoms with Crippen LogP contribution in [0.15, 0.2) is 24.3 Å². The zero-order chi connectivity index (χ0) is 17.7. The number of carbonyl (C=O) groups excluding carboxylic acids is 1. The van der Waals surface area contributed by atoms with Crippen molar-refractivity contribution in [3.8, 4) is 0 Å². The van der Waals surface area contributed by atoms with Crippen molar-refractivity contribution in [2.45, 2.75) is 32.2 Å². The maximum absolute atomic E-state index is 12.9. The SMILES string of the molecule is [CH2]CC(C)N1CCN(C(=O)OCc2ccccc2C(F)(F)F)CC1. The van der Waals surface area contributed by atoms with E-state index in [0.717, 1.165) is 12.5 Å². The molecule has 4 nitrogen and oxygen atoms in total. The molecule has 0 aliphatic carbocycles. The van der Waals surface area contributed by atoms with Crippen LogP contribution in [0.5, 0.6) is 0 Å². The molecule has 1 unspecified atom stereocenters. The summed E-state index contributed by atoms with van der Waals surface area (Å²) in [7, 11) is 0. The van der Waals surface area contributed by atoms with Crippen LogP contribution < -0.4 is 0 Å². The zero-order valence-electron chi connectivity index (χ0n) is 13.7. The highest BCUT2D eigenvalue weighted by Crippen LogP contribution is 2.32. The molecular weight excluding hydrogens is 321 g/mol. The van der Waals surface area contributed by atoms with E-state index < -0.39 is 17.8 Å². The van der Waals surface area contributed by atoms with E-state index in [2.05, 4.69) is 18.7 Å². The van der Waals surface area contributed by atoms with Crippen molar-refractivity contribution in [1.29, 1.82) is 0 Å². The third-order valence-corrected chi connectivity index (χ3v) is 4.29. The van der Waals surface area contributed by atoms with Crippen molar-refractivity contribution in [3.63, 3.8) is 0 Å². The van der Waals surface area contributed by atoms with E-state index in [0.29, 0.717) is 32.2 Å². The Labute approximate surface area is 140 Å².